The zero-order valence-electron chi connectivity index (χ0n) is 9.39. The van der Waals surface area contributed by atoms with E-state index in [2.05, 4.69) is 12.1 Å². The Morgan fingerprint density at radius 3 is 2.31 bits per heavy atom. The molecular formula is C13H18O3. The molecule has 2 rings (SSSR count). The first-order valence-corrected chi connectivity index (χ1v) is 5.80. The predicted octanol–water partition coefficient (Wildman–Crippen LogP) is 1.53. The van der Waals surface area contributed by atoms with Crippen molar-refractivity contribution >= 4 is 0 Å². The Morgan fingerprint density at radius 2 is 1.69 bits per heavy atom. The van der Waals surface area contributed by atoms with E-state index >= 15 is 0 Å². The van der Waals surface area contributed by atoms with Crippen molar-refractivity contribution in [1.29, 1.82) is 0 Å². The molecule has 1 aromatic rings. The van der Waals surface area contributed by atoms with Gasteiger partial charge in [0.1, 0.15) is 0 Å². The fourth-order valence-electron chi connectivity index (χ4n) is 1.82. The molecule has 1 heterocycles. The van der Waals surface area contributed by atoms with Crippen LogP contribution in [0.1, 0.15) is 17.5 Å². The van der Waals surface area contributed by atoms with E-state index < -0.39 is 0 Å². The third kappa shape index (κ3) is 3.30. The van der Waals surface area contributed by atoms with Gasteiger partial charge in [-0.2, -0.15) is 0 Å². The summed E-state index contributed by atoms with van der Waals surface area (Å²) in [4.78, 5) is 0. The molecule has 88 valence electrons. The van der Waals surface area contributed by atoms with Crippen LogP contribution >= 0.6 is 0 Å². The standard InChI is InChI=1S/C13H18O3/c14-7-6-11-2-4-12(5-3-11)10-13-15-8-1-9-16-13/h2-5,13-14H,1,6-10H2. The van der Waals surface area contributed by atoms with Crippen LogP contribution in [-0.2, 0) is 22.3 Å². The van der Waals surface area contributed by atoms with Crippen LogP contribution in [0.4, 0.5) is 0 Å². The summed E-state index contributed by atoms with van der Waals surface area (Å²) in [7, 11) is 0. The van der Waals surface area contributed by atoms with Gasteiger partial charge in [0.25, 0.3) is 0 Å². The van der Waals surface area contributed by atoms with Crippen molar-refractivity contribution in [3.8, 4) is 0 Å². The first kappa shape index (κ1) is 11.6. The molecule has 0 saturated carbocycles. The highest BCUT2D eigenvalue weighted by molar-refractivity contribution is 5.23. The van der Waals surface area contributed by atoms with Gasteiger partial charge in [-0.3, -0.25) is 0 Å². The maximum atomic E-state index is 8.81. The largest absolute Gasteiger partial charge is 0.396 e. The lowest BCUT2D eigenvalue weighted by atomic mass is 10.1. The first-order valence-electron chi connectivity index (χ1n) is 5.80. The normalized spacial score (nSPS) is 17.6. The average molecular weight is 222 g/mol. The van der Waals surface area contributed by atoms with Gasteiger partial charge in [-0.25, -0.2) is 0 Å². The Kier molecular flexibility index (Phi) is 4.34. The highest BCUT2D eigenvalue weighted by Crippen LogP contribution is 2.13. The summed E-state index contributed by atoms with van der Waals surface area (Å²) in [6.45, 7) is 1.80. The molecular weight excluding hydrogens is 204 g/mol. The van der Waals surface area contributed by atoms with Gasteiger partial charge in [0, 0.05) is 13.0 Å². The molecule has 0 atom stereocenters. The quantitative estimate of drug-likeness (QED) is 0.839. The highest BCUT2D eigenvalue weighted by atomic mass is 16.7. The summed E-state index contributed by atoms with van der Waals surface area (Å²) in [6, 6.07) is 8.25. The van der Waals surface area contributed by atoms with Gasteiger partial charge < -0.3 is 14.6 Å². The second-order valence-corrected chi connectivity index (χ2v) is 4.02. The lowest BCUT2D eigenvalue weighted by Crippen LogP contribution is -2.26. The Morgan fingerprint density at radius 1 is 1.06 bits per heavy atom. The molecule has 3 heteroatoms. The number of ether oxygens (including phenoxy) is 2. The molecule has 1 aliphatic rings. The Hall–Kier alpha value is -0.900. The molecule has 1 N–H and O–H groups in total. The minimum atomic E-state index is -0.0857. The van der Waals surface area contributed by atoms with Crippen LogP contribution < -0.4 is 0 Å². The van der Waals surface area contributed by atoms with E-state index in [0.29, 0.717) is 0 Å². The van der Waals surface area contributed by atoms with E-state index in [0.717, 1.165) is 38.0 Å². The Labute approximate surface area is 96.0 Å². The van der Waals surface area contributed by atoms with Gasteiger partial charge in [-0.05, 0) is 24.0 Å². The zero-order chi connectivity index (χ0) is 11.2. The number of rotatable bonds is 4. The van der Waals surface area contributed by atoms with Crippen LogP contribution in [0.3, 0.4) is 0 Å². The molecule has 16 heavy (non-hydrogen) atoms. The van der Waals surface area contributed by atoms with E-state index in [9.17, 15) is 0 Å². The minimum absolute atomic E-state index is 0.0857. The molecule has 0 bridgehead atoms. The molecule has 0 aromatic heterocycles. The summed E-state index contributed by atoms with van der Waals surface area (Å²) in [5, 5.41) is 8.81. The molecule has 1 fully saturated rings. The van der Waals surface area contributed by atoms with Crippen molar-refractivity contribution in [2.45, 2.75) is 25.6 Å². The van der Waals surface area contributed by atoms with Gasteiger partial charge in [0.2, 0.25) is 0 Å². The average Bonchev–Trinajstić information content (AvgIpc) is 2.33. The molecule has 1 aliphatic heterocycles. The van der Waals surface area contributed by atoms with E-state index in [1.165, 1.54) is 5.56 Å². The second kappa shape index (κ2) is 5.99. The van der Waals surface area contributed by atoms with Gasteiger partial charge in [-0.1, -0.05) is 24.3 Å². The van der Waals surface area contributed by atoms with Crippen LogP contribution in [-0.4, -0.2) is 31.2 Å². The van der Waals surface area contributed by atoms with Crippen molar-refractivity contribution in [2.75, 3.05) is 19.8 Å². The molecule has 0 unspecified atom stereocenters. The Balaban J connectivity index is 1.88. The second-order valence-electron chi connectivity index (χ2n) is 4.02. The van der Waals surface area contributed by atoms with Gasteiger partial charge in [0.05, 0.1) is 13.2 Å². The molecule has 0 spiro atoms. The van der Waals surface area contributed by atoms with Gasteiger partial charge >= 0.3 is 0 Å². The third-order valence-electron chi connectivity index (χ3n) is 2.72. The molecule has 1 saturated heterocycles. The van der Waals surface area contributed by atoms with E-state index in [4.69, 9.17) is 14.6 Å². The van der Waals surface area contributed by atoms with Crippen molar-refractivity contribution < 1.29 is 14.6 Å². The molecule has 3 nitrogen and oxygen atoms in total. The lowest BCUT2D eigenvalue weighted by Gasteiger charge is -2.23. The predicted molar refractivity (Wildman–Crippen MR) is 61.2 cm³/mol. The monoisotopic (exact) mass is 222 g/mol. The fraction of sp³-hybridized carbons (Fsp3) is 0.538. The highest BCUT2D eigenvalue weighted by Gasteiger charge is 2.14. The number of benzene rings is 1. The van der Waals surface area contributed by atoms with E-state index in [1.807, 2.05) is 12.1 Å². The topological polar surface area (TPSA) is 38.7 Å². The maximum Gasteiger partial charge on any atom is 0.161 e. The number of hydrogen-bond acceptors (Lipinski definition) is 3. The zero-order valence-corrected chi connectivity index (χ0v) is 9.39. The molecule has 0 radical (unpaired) electrons. The van der Waals surface area contributed by atoms with Gasteiger partial charge in [0.15, 0.2) is 6.29 Å². The first-order chi connectivity index (χ1) is 7.88. The van der Waals surface area contributed by atoms with Crippen LogP contribution in [0, 0.1) is 0 Å². The Bertz CT molecular complexity index is 301. The van der Waals surface area contributed by atoms with Crippen molar-refractivity contribution in [2.24, 2.45) is 0 Å². The van der Waals surface area contributed by atoms with E-state index in [1.54, 1.807) is 0 Å². The van der Waals surface area contributed by atoms with Crippen LogP contribution in [0.15, 0.2) is 24.3 Å². The number of aliphatic hydroxyl groups is 1. The number of hydrogen-bond donors (Lipinski definition) is 1. The van der Waals surface area contributed by atoms with Crippen LogP contribution in [0.5, 0.6) is 0 Å². The van der Waals surface area contributed by atoms with Crippen molar-refractivity contribution in [1.82, 2.24) is 0 Å². The summed E-state index contributed by atoms with van der Waals surface area (Å²) in [5.41, 5.74) is 2.38. The van der Waals surface area contributed by atoms with Crippen molar-refractivity contribution in [3.05, 3.63) is 35.4 Å². The van der Waals surface area contributed by atoms with Crippen molar-refractivity contribution in [3.63, 3.8) is 0 Å². The fourth-order valence-corrected chi connectivity index (χ4v) is 1.82. The third-order valence-corrected chi connectivity index (χ3v) is 2.72. The summed E-state index contributed by atoms with van der Waals surface area (Å²) < 4.78 is 11.0. The van der Waals surface area contributed by atoms with Crippen LogP contribution in [0.25, 0.3) is 0 Å². The lowest BCUT2D eigenvalue weighted by molar-refractivity contribution is -0.176. The van der Waals surface area contributed by atoms with Crippen LogP contribution in [0.2, 0.25) is 0 Å². The molecule has 1 aromatic carbocycles. The minimum Gasteiger partial charge on any atom is -0.396 e. The smallest absolute Gasteiger partial charge is 0.161 e. The summed E-state index contributed by atoms with van der Waals surface area (Å²) >= 11 is 0. The van der Waals surface area contributed by atoms with Gasteiger partial charge in [-0.15, -0.1) is 0 Å². The SMILES string of the molecule is OCCc1ccc(CC2OCCCO2)cc1. The summed E-state index contributed by atoms with van der Waals surface area (Å²) in [5.74, 6) is 0. The maximum absolute atomic E-state index is 8.81. The number of aliphatic hydroxyl groups excluding tert-OH is 1. The molecule has 0 amide bonds. The molecule has 0 aliphatic carbocycles. The summed E-state index contributed by atoms with van der Waals surface area (Å²) in [6.07, 6.45) is 2.43. The van der Waals surface area contributed by atoms with E-state index in [-0.39, 0.29) is 12.9 Å².